The van der Waals surface area contributed by atoms with Gasteiger partial charge in [-0.1, -0.05) is 70.7 Å². The van der Waals surface area contributed by atoms with E-state index < -0.39 is 0 Å². The van der Waals surface area contributed by atoms with Gasteiger partial charge in [0.05, 0.1) is 10.8 Å². The SMILES string of the molecule is CCSc1nnc(SCc2nc(-c3ccccc3Cl)no2)s1. The molecule has 0 radical (unpaired) electrons. The van der Waals surface area contributed by atoms with Crippen LogP contribution in [0.4, 0.5) is 0 Å². The Labute approximate surface area is 144 Å². The number of nitrogens with zero attached hydrogens (tertiary/aromatic N) is 4. The largest absolute Gasteiger partial charge is 0.338 e. The molecule has 2 heterocycles. The molecular weight excluding hydrogens is 360 g/mol. The van der Waals surface area contributed by atoms with Crippen LogP contribution in [-0.2, 0) is 5.75 Å². The Balaban J connectivity index is 1.65. The van der Waals surface area contributed by atoms with Gasteiger partial charge in [-0.25, -0.2) is 0 Å². The van der Waals surface area contributed by atoms with Gasteiger partial charge in [0.25, 0.3) is 0 Å². The standard InChI is InChI=1S/C13H11ClN4OS3/c1-2-20-12-16-17-13(22-12)21-7-10-15-11(18-19-10)8-5-3-4-6-9(8)14/h3-6H,2,7H2,1H3. The molecule has 0 bridgehead atoms. The molecular formula is C13H11ClN4OS3. The van der Waals surface area contributed by atoms with Crippen LogP contribution in [0.15, 0.2) is 37.5 Å². The smallest absolute Gasteiger partial charge is 0.237 e. The minimum Gasteiger partial charge on any atom is -0.338 e. The van der Waals surface area contributed by atoms with E-state index in [1.807, 2.05) is 18.2 Å². The predicted octanol–water partition coefficient (Wildman–Crippen LogP) is 4.65. The van der Waals surface area contributed by atoms with Crippen LogP contribution < -0.4 is 0 Å². The fraction of sp³-hybridized carbons (Fsp3) is 0.231. The molecule has 3 rings (SSSR count). The topological polar surface area (TPSA) is 64.7 Å². The van der Waals surface area contributed by atoms with Crippen molar-refractivity contribution >= 4 is 46.5 Å². The predicted molar refractivity (Wildman–Crippen MR) is 90.6 cm³/mol. The monoisotopic (exact) mass is 370 g/mol. The van der Waals surface area contributed by atoms with Crippen LogP contribution in [0.5, 0.6) is 0 Å². The molecule has 0 saturated heterocycles. The van der Waals surface area contributed by atoms with Gasteiger partial charge in [0.15, 0.2) is 8.68 Å². The fourth-order valence-electron chi connectivity index (χ4n) is 1.63. The summed E-state index contributed by atoms with van der Waals surface area (Å²) < 4.78 is 7.14. The molecule has 0 aliphatic heterocycles. The zero-order valence-corrected chi connectivity index (χ0v) is 14.7. The van der Waals surface area contributed by atoms with Gasteiger partial charge >= 0.3 is 0 Å². The van der Waals surface area contributed by atoms with Crippen molar-refractivity contribution in [1.82, 2.24) is 20.3 Å². The van der Waals surface area contributed by atoms with E-state index in [1.165, 1.54) is 11.8 Å². The van der Waals surface area contributed by atoms with E-state index in [2.05, 4.69) is 27.3 Å². The van der Waals surface area contributed by atoms with Crippen LogP contribution in [0, 0.1) is 0 Å². The maximum Gasteiger partial charge on any atom is 0.237 e. The molecule has 114 valence electrons. The van der Waals surface area contributed by atoms with Crippen molar-refractivity contribution in [3.8, 4) is 11.4 Å². The quantitative estimate of drug-likeness (QED) is 0.585. The molecule has 9 heteroatoms. The van der Waals surface area contributed by atoms with Crippen molar-refractivity contribution in [1.29, 1.82) is 0 Å². The summed E-state index contributed by atoms with van der Waals surface area (Å²) in [6.07, 6.45) is 0. The molecule has 0 saturated carbocycles. The van der Waals surface area contributed by atoms with Gasteiger partial charge in [0.2, 0.25) is 11.7 Å². The lowest BCUT2D eigenvalue weighted by atomic mass is 10.2. The summed E-state index contributed by atoms with van der Waals surface area (Å²) in [6, 6.07) is 7.42. The average molecular weight is 371 g/mol. The second-order valence-electron chi connectivity index (χ2n) is 4.05. The minimum absolute atomic E-state index is 0.501. The molecule has 0 N–H and O–H groups in total. The van der Waals surface area contributed by atoms with Gasteiger partial charge in [-0.05, 0) is 17.9 Å². The summed E-state index contributed by atoms with van der Waals surface area (Å²) in [6.45, 7) is 2.09. The molecule has 0 spiro atoms. The number of benzene rings is 1. The van der Waals surface area contributed by atoms with Crippen LogP contribution in [0.2, 0.25) is 5.02 Å². The number of hydrogen-bond donors (Lipinski definition) is 0. The Morgan fingerprint density at radius 2 is 1.95 bits per heavy atom. The van der Waals surface area contributed by atoms with E-state index in [-0.39, 0.29) is 0 Å². The Morgan fingerprint density at radius 1 is 1.18 bits per heavy atom. The third kappa shape index (κ3) is 3.81. The molecule has 5 nitrogen and oxygen atoms in total. The summed E-state index contributed by atoms with van der Waals surface area (Å²) in [5.41, 5.74) is 0.765. The highest BCUT2D eigenvalue weighted by molar-refractivity contribution is 8.02. The molecule has 0 unspecified atom stereocenters. The second kappa shape index (κ2) is 7.45. The van der Waals surface area contributed by atoms with Gasteiger partial charge in [0.1, 0.15) is 0 Å². The van der Waals surface area contributed by atoms with Gasteiger partial charge in [-0.3, -0.25) is 0 Å². The first kappa shape index (κ1) is 15.8. The first-order valence-corrected chi connectivity index (χ1v) is 9.59. The summed E-state index contributed by atoms with van der Waals surface area (Å²) >= 11 is 10.9. The normalized spacial score (nSPS) is 11.0. The molecule has 22 heavy (non-hydrogen) atoms. The molecule has 0 aliphatic rings. The molecule has 0 aliphatic carbocycles. The van der Waals surface area contributed by atoms with E-state index in [0.29, 0.717) is 22.5 Å². The van der Waals surface area contributed by atoms with Crippen molar-refractivity contribution in [2.75, 3.05) is 5.75 Å². The third-order valence-electron chi connectivity index (χ3n) is 2.56. The Bertz CT molecular complexity index is 761. The minimum atomic E-state index is 0.501. The molecule has 2 aromatic heterocycles. The maximum atomic E-state index is 6.13. The Kier molecular flexibility index (Phi) is 5.35. The van der Waals surface area contributed by atoms with Crippen molar-refractivity contribution < 1.29 is 4.52 Å². The number of thioether (sulfide) groups is 2. The van der Waals surface area contributed by atoms with Crippen LogP contribution in [0.25, 0.3) is 11.4 Å². The van der Waals surface area contributed by atoms with Gasteiger partial charge in [0, 0.05) is 5.56 Å². The Hall–Kier alpha value is -1.09. The lowest BCUT2D eigenvalue weighted by Crippen LogP contribution is -1.83. The summed E-state index contributed by atoms with van der Waals surface area (Å²) in [5.74, 6) is 2.59. The van der Waals surface area contributed by atoms with E-state index in [4.69, 9.17) is 16.1 Å². The first-order chi connectivity index (χ1) is 10.8. The van der Waals surface area contributed by atoms with Crippen molar-refractivity contribution in [3.05, 3.63) is 35.2 Å². The van der Waals surface area contributed by atoms with Crippen LogP contribution in [-0.4, -0.2) is 26.1 Å². The Morgan fingerprint density at radius 3 is 2.73 bits per heavy atom. The third-order valence-corrected chi connectivity index (χ3v) is 5.94. The van der Waals surface area contributed by atoms with Gasteiger partial charge in [-0.15, -0.1) is 10.2 Å². The van der Waals surface area contributed by atoms with Crippen molar-refractivity contribution in [2.24, 2.45) is 0 Å². The fourth-order valence-corrected chi connectivity index (χ4v) is 4.60. The highest BCUT2D eigenvalue weighted by Crippen LogP contribution is 2.31. The molecule has 0 fully saturated rings. The van der Waals surface area contributed by atoms with Gasteiger partial charge < -0.3 is 4.52 Å². The number of hydrogen-bond acceptors (Lipinski definition) is 8. The number of aromatic nitrogens is 4. The van der Waals surface area contributed by atoms with E-state index >= 15 is 0 Å². The highest BCUT2D eigenvalue weighted by atomic mass is 35.5. The van der Waals surface area contributed by atoms with E-state index in [9.17, 15) is 0 Å². The van der Waals surface area contributed by atoms with E-state index in [1.54, 1.807) is 29.2 Å². The van der Waals surface area contributed by atoms with Crippen molar-refractivity contribution in [3.63, 3.8) is 0 Å². The molecule has 3 aromatic rings. The highest BCUT2D eigenvalue weighted by Gasteiger charge is 2.13. The summed E-state index contributed by atoms with van der Waals surface area (Å²) in [7, 11) is 0. The lowest BCUT2D eigenvalue weighted by molar-refractivity contribution is 0.391. The molecule has 0 atom stereocenters. The zero-order valence-electron chi connectivity index (χ0n) is 11.5. The summed E-state index contributed by atoms with van der Waals surface area (Å²) in [4.78, 5) is 4.37. The van der Waals surface area contributed by atoms with Crippen LogP contribution in [0.1, 0.15) is 12.8 Å². The molecule has 1 aromatic carbocycles. The van der Waals surface area contributed by atoms with Crippen molar-refractivity contribution in [2.45, 2.75) is 21.4 Å². The molecule has 0 amide bonds. The van der Waals surface area contributed by atoms with Crippen LogP contribution in [0.3, 0.4) is 0 Å². The average Bonchev–Trinajstić information content (AvgIpc) is 3.15. The van der Waals surface area contributed by atoms with E-state index in [0.717, 1.165) is 20.0 Å². The number of rotatable bonds is 6. The second-order valence-corrected chi connectivity index (χ2v) is 8.17. The first-order valence-electron chi connectivity index (χ1n) is 6.43. The lowest BCUT2D eigenvalue weighted by Gasteiger charge is -1.95. The zero-order chi connectivity index (χ0) is 15.4. The van der Waals surface area contributed by atoms with Crippen LogP contribution >= 0.6 is 46.5 Å². The van der Waals surface area contributed by atoms with Gasteiger partial charge in [-0.2, -0.15) is 4.98 Å². The maximum absolute atomic E-state index is 6.13. The number of halogens is 1. The summed E-state index contributed by atoms with van der Waals surface area (Å²) in [5, 5.41) is 12.8.